The molecule has 4 nitrogen and oxygen atoms in total. The number of methoxy groups -OCH3 is 2. The van der Waals surface area contributed by atoms with Crippen molar-refractivity contribution in [3.8, 4) is 11.5 Å². The predicted octanol–water partition coefficient (Wildman–Crippen LogP) is 5.56. The molecule has 2 unspecified atom stereocenters. The molecule has 0 saturated carbocycles. The number of carbonyl (C=O) groups is 1. The van der Waals surface area contributed by atoms with Crippen LogP contribution in [0, 0.1) is 17.7 Å². The first kappa shape index (κ1) is 23.4. The van der Waals surface area contributed by atoms with Crippen molar-refractivity contribution in [2.45, 2.75) is 38.6 Å². The highest BCUT2D eigenvalue weighted by Gasteiger charge is 2.39. The van der Waals surface area contributed by atoms with E-state index in [-0.39, 0.29) is 29.6 Å². The Labute approximate surface area is 206 Å². The Balaban J connectivity index is 1.46. The number of benzene rings is 3. The average Bonchev–Trinajstić information content (AvgIpc) is 2.88. The number of hydrogen-bond donors (Lipinski definition) is 0. The zero-order valence-corrected chi connectivity index (χ0v) is 20.6. The lowest BCUT2D eigenvalue weighted by Crippen LogP contribution is -2.46. The molecule has 0 saturated heterocycles. The molecule has 0 radical (unpaired) electrons. The third kappa shape index (κ3) is 4.40. The molecule has 35 heavy (non-hydrogen) atoms. The maximum atomic E-state index is 14.6. The lowest BCUT2D eigenvalue weighted by Gasteiger charge is -2.41. The van der Waals surface area contributed by atoms with Crippen molar-refractivity contribution >= 4 is 5.91 Å². The fraction of sp³-hybridized carbons (Fsp3) is 0.367. The first-order valence-corrected chi connectivity index (χ1v) is 12.4. The molecule has 1 aliphatic carbocycles. The van der Waals surface area contributed by atoms with Crippen molar-refractivity contribution in [3.05, 3.63) is 94.3 Å². The van der Waals surface area contributed by atoms with E-state index in [1.165, 1.54) is 22.8 Å². The van der Waals surface area contributed by atoms with Crippen LogP contribution in [0.1, 0.15) is 40.8 Å². The molecule has 0 fully saturated rings. The summed E-state index contributed by atoms with van der Waals surface area (Å²) in [5, 5.41) is 0. The minimum atomic E-state index is -0.195. The number of nitrogens with zero attached hydrogens (tertiary/aromatic N) is 1. The number of amides is 1. The fourth-order valence-electron chi connectivity index (χ4n) is 5.89. The van der Waals surface area contributed by atoms with Crippen LogP contribution in [0.4, 0.5) is 4.39 Å². The van der Waals surface area contributed by atoms with E-state index in [4.69, 9.17) is 9.47 Å². The number of carbonyl (C=O) groups excluding carboxylic acids is 1. The Hall–Kier alpha value is -3.34. The van der Waals surface area contributed by atoms with E-state index in [9.17, 15) is 9.18 Å². The summed E-state index contributed by atoms with van der Waals surface area (Å²) >= 11 is 0. The number of halogens is 1. The van der Waals surface area contributed by atoms with E-state index in [1.54, 1.807) is 20.3 Å². The molecule has 1 heterocycles. The van der Waals surface area contributed by atoms with Gasteiger partial charge in [0, 0.05) is 12.5 Å². The Bertz CT molecular complexity index is 1240. The molecule has 0 aromatic heterocycles. The van der Waals surface area contributed by atoms with Gasteiger partial charge in [-0.25, -0.2) is 4.39 Å². The van der Waals surface area contributed by atoms with Crippen LogP contribution < -0.4 is 9.47 Å². The zero-order chi connectivity index (χ0) is 24.5. The van der Waals surface area contributed by atoms with Gasteiger partial charge in [0.1, 0.15) is 5.82 Å². The summed E-state index contributed by atoms with van der Waals surface area (Å²) in [7, 11) is 3.27. The van der Waals surface area contributed by atoms with Crippen LogP contribution in [-0.4, -0.2) is 31.6 Å². The molecule has 1 amide bonds. The van der Waals surface area contributed by atoms with Crippen molar-refractivity contribution in [1.29, 1.82) is 0 Å². The van der Waals surface area contributed by atoms with Gasteiger partial charge in [-0.3, -0.25) is 4.79 Å². The van der Waals surface area contributed by atoms with Crippen LogP contribution in [0.5, 0.6) is 11.5 Å². The van der Waals surface area contributed by atoms with E-state index >= 15 is 0 Å². The topological polar surface area (TPSA) is 38.8 Å². The van der Waals surface area contributed by atoms with Crippen molar-refractivity contribution in [2.24, 2.45) is 11.8 Å². The summed E-state index contributed by atoms with van der Waals surface area (Å²) in [6.07, 6.45) is 2.80. The van der Waals surface area contributed by atoms with E-state index in [1.807, 2.05) is 41.3 Å². The molecular formula is C30H32FNO3. The monoisotopic (exact) mass is 473 g/mol. The maximum Gasteiger partial charge on any atom is 0.226 e. The normalized spacial score (nSPS) is 21.1. The highest BCUT2D eigenvalue weighted by molar-refractivity contribution is 5.81. The molecule has 0 spiro atoms. The quantitative estimate of drug-likeness (QED) is 0.487. The molecular weight excluding hydrogens is 441 g/mol. The molecule has 0 bridgehead atoms. The summed E-state index contributed by atoms with van der Waals surface area (Å²) in [5.41, 5.74) is 5.47. The van der Waals surface area contributed by atoms with Crippen molar-refractivity contribution in [2.75, 3.05) is 20.8 Å². The van der Waals surface area contributed by atoms with Gasteiger partial charge in [-0.2, -0.15) is 0 Å². The average molecular weight is 474 g/mol. The fourth-order valence-corrected chi connectivity index (χ4v) is 5.89. The first-order valence-electron chi connectivity index (χ1n) is 12.4. The summed E-state index contributed by atoms with van der Waals surface area (Å²) in [5.74, 6) is 1.22. The summed E-state index contributed by atoms with van der Waals surface area (Å²) < 4.78 is 25.6. The minimum absolute atomic E-state index is 0.0494. The third-order valence-corrected chi connectivity index (χ3v) is 7.83. The zero-order valence-electron chi connectivity index (χ0n) is 20.6. The molecule has 182 valence electrons. The second-order valence-corrected chi connectivity index (χ2v) is 9.70. The molecule has 5 rings (SSSR count). The van der Waals surface area contributed by atoms with Crippen molar-refractivity contribution in [3.63, 3.8) is 0 Å². The van der Waals surface area contributed by atoms with E-state index in [0.717, 1.165) is 18.4 Å². The molecule has 3 atom stereocenters. The van der Waals surface area contributed by atoms with Crippen LogP contribution in [-0.2, 0) is 30.5 Å². The number of rotatable bonds is 5. The number of ether oxygens (including phenoxy) is 2. The standard InChI is InChI=1S/C30H32FNO3/c1-19-25-18-29(35-3)28(34-2)17-22(25)12-13-32(19)30(33)26-16-21-9-5-4-8-20(21)14-24(26)15-23-10-6-7-11-27(23)31/h4-11,17-19,24,26H,12-16H2,1-3H3/t19-,24?,26?/m1/s1. The largest absolute Gasteiger partial charge is 0.493 e. The van der Waals surface area contributed by atoms with Gasteiger partial charge < -0.3 is 14.4 Å². The van der Waals surface area contributed by atoms with Gasteiger partial charge in [0.25, 0.3) is 0 Å². The summed E-state index contributed by atoms with van der Waals surface area (Å²) in [4.78, 5) is 16.1. The number of fused-ring (bicyclic) bond motifs is 2. The van der Waals surface area contributed by atoms with Gasteiger partial charge >= 0.3 is 0 Å². The molecule has 3 aromatic carbocycles. The van der Waals surface area contributed by atoms with Gasteiger partial charge in [-0.1, -0.05) is 42.5 Å². The van der Waals surface area contributed by atoms with E-state index < -0.39 is 0 Å². The Morgan fingerprint density at radius 2 is 1.60 bits per heavy atom. The second-order valence-electron chi connectivity index (χ2n) is 9.70. The highest BCUT2D eigenvalue weighted by atomic mass is 19.1. The van der Waals surface area contributed by atoms with Gasteiger partial charge in [0.15, 0.2) is 11.5 Å². The Kier molecular flexibility index (Phi) is 6.50. The smallest absolute Gasteiger partial charge is 0.226 e. The van der Waals surface area contributed by atoms with Gasteiger partial charge in [0.05, 0.1) is 20.3 Å². The Morgan fingerprint density at radius 3 is 2.31 bits per heavy atom. The van der Waals surface area contributed by atoms with Crippen LogP contribution in [0.2, 0.25) is 0 Å². The van der Waals surface area contributed by atoms with Crippen molar-refractivity contribution < 1.29 is 18.7 Å². The summed E-state index contributed by atoms with van der Waals surface area (Å²) in [6.45, 7) is 2.75. The first-order chi connectivity index (χ1) is 17.0. The molecule has 1 aliphatic heterocycles. The van der Waals surface area contributed by atoms with Crippen LogP contribution in [0.3, 0.4) is 0 Å². The lowest BCUT2D eigenvalue weighted by molar-refractivity contribution is -0.140. The highest BCUT2D eigenvalue weighted by Crippen LogP contribution is 2.40. The van der Waals surface area contributed by atoms with Gasteiger partial charge in [-0.05, 0) is 84.5 Å². The lowest BCUT2D eigenvalue weighted by atomic mass is 9.72. The van der Waals surface area contributed by atoms with E-state index in [0.29, 0.717) is 36.4 Å². The molecule has 3 aromatic rings. The van der Waals surface area contributed by atoms with Crippen molar-refractivity contribution in [1.82, 2.24) is 4.90 Å². The number of hydrogen-bond acceptors (Lipinski definition) is 3. The van der Waals surface area contributed by atoms with Gasteiger partial charge in [-0.15, -0.1) is 0 Å². The van der Waals surface area contributed by atoms with Crippen LogP contribution in [0.25, 0.3) is 0 Å². The summed E-state index contributed by atoms with van der Waals surface area (Å²) in [6, 6.07) is 19.3. The molecule has 5 heteroatoms. The third-order valence-electron chi connectivity index (χ3n) is 7.83. The molecule has 0 N–H and O–H groups in total. The van der Waals surface area contributed by atoms with E-state index in [2.05, 4.69) is 19.1 Å². The SMILES string of the molecule is COc1cc2c(cc1OC)[C@@H](C)N(C(=O)C1Cc3ccccc3CC1Cc1ccccc1F)CC2. The second kappa shape index (κ2) is 9.73. The van der Waals surface area contributed by atoms with Crippen LogP contribution in [0.15, 0.2) is 60.7 Å². The maximum absolute atomic E-state index is 14.6. The Morgan fingerprint density at radius 1 is 0.943 bits per heavy atom. The minimum Gasteiger partial charge on any atom is -0.493 e. The molecule has 2 aliphatic rings. The van der Waals surface area contributed by atoms with Gasteiger partial charge in [0.2, 0.25) is 5.91 Å². The van der Waals surface area contributed by atoms with Crippen LogP contribution >= 0.6 is 0 Å². The predicted molar refractivity (Wildman–Crippen MR) is 134 cm³/mol.